The number of aryl methyl sites for hydroxylation is 15. The molecule has 0 amide bonds. The zero-order valence-corrected chi connectivity index (χ0v) is 54.0. The van der Waals surface area contributed by atoms with Crippen LogP contribution in [0.25, 0.3) is 89.5 Å². The Morgan fingerprint density at radius 1 is 0.195 bits per heavy atom. The Bertz CT molecular complexity index is 4350. The summed E-state index contributed by atoms with van der Waals surface area (Å²) in [5.41, 5.74) is 35.0. The van der Waals surface area contributed by atoms with Gasteiger partial charge in [0.25, 0.3) is 0 Å². The van der Waals surface area contributed by atoms with Gasteiger partial charge in [0.05, 0.1) is 0 Å². The third-order valence-corrected chi connectivity index (χ3v) is 16.8. The van der Waals surface area contributed by atoms with Crippen molar-refractivity contribution in [2.24, 2.45) is 28.2 Å². The molecule has 4 nitrogen and oxygen atoms in total. The molecule has 0 saturated carbocycles. The van der Waals surface area contributed by atoms with Crippen molar-refractivity contribution in [1.29, 1.82) is 0 Å². The molecule has 0 saturated heterocycles. The van der Waals surface area contributed by atoms with Gasteiger partial charge >= 0.3 is 0 Å². The predicted molar refractivity (Wildman–Crippen MR) is 366 cm³/mol. The fourth-order valence-electron chi connectivity index (χ4n) is 11.7. The number of aromatic nitrogens is 4. The van der Waals surface area contributed by atoms with E-state index < -0.39 is 0 Å². The molecule has 0 aliphatic carbocycles. The third-order valence-electron chi connectivity index (χ3n) is 16.8. The molecule has 0 spiro atoms. The normalized spacial score (nSPS) is 10.7. The Labute approximate surface area is 519 Å². The number of nitrogens with zero attached hydrogens (tertiary/aromatic N) is 4. The zero-order chi connectivity index (χ0) is 61.9. The van der Waals surface area contributed by atoms with Gasteiger partial charge in [-0.05, 0) is 207 Å². The van der Waals surface area contributed by atoms with E-state index in [2.05, 4.69) is 372 Å². The van der Waals surface area contributed by atoms with Gasteiger partial charge < -0.3 is 0 Å². The first-order chi connectivity index (χ1) is 41.8. The van der Waals surface area contributed by atoms with Crippen molar-refractivity contribution >= 4 is 0 Å². The molecular weight excluding hydrogens is 1050 g/mol. The van der Waals surface area contributed by atoms with Crippen LogP contribution in [0.15, 0.2) is 249 Å². The van der Waals surface area contributed by atoms with Crippen LogP contribution in [0.1, 0.15) is 61.2 Å². The molecular formula is C83H86N4+4. The Morgan fingerprint density at radius 3 is 1.03 bits per heavy atom. The van der Waals surface area contributed by atoms with Gasteiger partial charge in [0.2, 0.25) is 22.8 Å². The maximum atomic E-state index is 2.31. The fourth-order valence-corrected chi connectivity index (χ4v) is 11.7. The lowest BCUT2D eigenvalue weighted by molar-refractivity contribution is -0.660. The molecule has 0 N–H and O–H groups in total. The molecule has 12 rings (SSSR count). The highest BCUT2D eigenvalue weighted by Crippen LogP contribution is 2.34. The van der Waals surface area contributed by atoms with E-state index in [9.17, 15) is 0 Å². The Kier molecular flexibility index (Phi) is 20.0. The van der Waals surface area contributed by atoms with Crippen molar-refractivity contribution in [2.75, 3.05) is 0 Å². The van der Waals surface area contributed by atoms with Gasteiger partial charge in [-0.1, -0.05) is 152 Å². The zero-order valence-electron chi connectivity index (χ0n) is 54.0. The van der Waals surface area contributed by atoms with Crippen LogP contribution in [0.3, 0.4) is 0 Å². The maximum absolute atomic E-state index is 2.31. The van der Waals surface area contributed by atoms with Crippen molar-refractivity contribution in [3.05, 3.63) is 310 Å². The molecule has 4 aromatic heterocycles. The number of rotatable bonds is 8. The maximum Gasteiger partial charge on any atom is 0.212 e. The minimum Gasteiger partial charge on any atom is -0.201 e. The lowest BCUT2D eigenvalue weighted by Gasteiger charge is -2.12. The molecule has 8 aromatic carbocycles. The topological polar surface area (TPSA) is 15.5 Å². The largest absolute Gasteiger partial charge is 0.212 e. The molecule has 0 bridgehead atoms. The summed E-state index contributed by atoms with van der Waals surface area (Å²) in [6.07, 6.45) is 8.60. The summed E-state index contributed by atoms with van der Waals surface area (Å²) in [7, 11) is 8.43. The highest BCUT2D eigenvalue weighted by atomic mass is 14.9. The quantitative estimate of drug-likeness (QED) is 0.135. The Morgan fingerprint density at radius 2 is 0.575 bits per heavy atom. The first-order valence-electron chi connectivity index (χ1n) is 30.4. The highest BCUT2D eigenvalue weighted by Gasteiger charge is 2.19. The molecule has 12 aromatic rings. The predicted octanol–water partition coefficient (Wildman–Crippen LogP) is 18.8. The second-order valence-electron chi connectivity index (χ2n) is 23.7. The van der Waals surface area contributed by atoms with Gasteiger partial charge in [0.15, 0.2) is 24.8 Å². The van der Waals surface area contributed by atoms with Gasteiger partial charge in [0.1, 0.15) is 28.2 Å². The van der Waals surface area contributed by atoms with Gasteiger partial charge in [0, 0.05) is 69.8 Å². The van der Waals surface area contributed by atoms with E-state index in [4.69, 9.17) is 0 Å². The van der Waals surface area contributed by atoms with Crippen molar-refractivity contribution in [3.8, 4) is 89.5 Å². The van der Waals surface area contributed by atoms with E-state index in [0.717, 1.165) is 0 Å². The van der Waals surface area contributed by atoms with Crippen LogP contribution >= 0.6 is 0 Å². The second kappa shape index (κ2) is 28.0. The Balaban J connectivity index is 0.000000138. The lowest BCUT2D eigenvalue weighted by Crippen LogP contribution is -2.31. The summed E-state index contributed by atoms with van der Waals surface area (Å²) in [6, 6.07) is 80.3. The van der Waals surface area contributed by atoms with Gasteiger partial charge in [-0.15, -0.1) is 0 Å². The molecule has 4 heteroatoms. The molecule has 4 heterocycles. The number of benzene rings is 8. The van der Waals surface area contributed by atoms with Crippen molar-refractivity contribution < 1.29 is 18.3 Å². The van der Waals surface area contributed by atoms with Crippen molar-refractivity contribution in [1.82, 2.24) is 0 Å². The standard InChI is InChI=1S/3C21H22N.C20H20N/c1-15-13-21(22(4)14-17(15)3)20-11-10-19(12-16(20)2)18-8-6-5-7-9-18;1-15-10-11-21(22(4)14-15)20-13-16(2)19(12-17(20)3)18-8-6-5-7-9-18;1-15-10-11-22(4)21(12-15)20-14-16(2)19(13-17(20)3)18-8-6-5-7-9-18;1-15-14-19(20-11-7-8-12-21(20)3)16(2)13-18(15)17-9-5-4-6-10-17/h3*5-14H,1-4H3;4-14H,1-3H3/q4*+1. The van der Waals surface area contributed by atoms with E-state index in [1.54, 1.807) is 0 Å². The summed E-state index contributed by atoms with van der Waals surface area (Å²) in [5, 5.41) is 0. The van der Waals surface area contributed by atoms with Crippen LogP contribution in [-0.4, -0.2) is 0 Å². The molecule has 0 aliphatic rings. The monoisotopic (exact) mass is 1140 g/mol. The van der Waals surface area contributed by atoms with E-state index >= 15 is 0 Å². The van der Waals surface area contributed by atoms with Crippen LogP contribution in [0.5, 0.6) is 0 Å². The lowest BCUT2D eigenvalue weighted by atomic mass is 9.93. The molecule has 434 valence electrons. The first-order valence-corrected chi connectivity index (χ1v) is 30.4. The third kappa shape index (κ3) is 14.9. The fraction of sp³-hybridized carbons (Fsp3) is 0.181. The van der Waals surface area contributed by atoms with Gasteiger partial charge in [-0.3, -0.25) is 0 Å². The SMILES string of the molecule is Cc1cc(-c2ccc(-c3ccccc3)cc2C)[n+](C)cc1C.Cc1cc(-c2cccc[n+]2C)c(C)cc1-c1ccccc1.Cc1cc[n+](C)c(-c2cc(C)c(-c3ccccc3)cc2C)c1.Cc1ccc(-c2cc(C)c(-c3ccccc3)cc2C)[n+](C)c1. The number of pyridine rings is 4. The molecule has 0 fully saturated rings. The van der Waals surface area contributed by atoms with Crippen LogP contribution in [-0.2, 0) is 28.2 Å². The van der Waals surface area contributed by atoms with E-state index in [0.29, 0.717) is 0 Å². The number of hydrogen-bond acceptors (Lipinski definition) is 0. The van der Waals surface area contributed by atoms with Crippen LogP contribution < -0.4 is 18.3 Å². The van der Waals surface area contributed by atoms with Crippen LogP contribution in [0, 0.1) is 76.2 Å². The van der Waals surface area contributed by atoms with E-state index in [1.807, 2.05) is 0 Å². The highest BCUT2D eigenvalue weighted by molar-refractivity contribution is 5.77. The average molecular weight is 1140 g/mol. The summed E-state index contributed by atoms with van der Waals surface area (Å²) in [6.45, 7) is 24.0. The smallest absolute Gasteiger partial charge is 0.201 e. The molecule has 0 atom stereocenters. The summed E-state index contributed by atoms with van der Waals surface area (Å²) in [5.74, 6) is 0. The van der Waals surface area contributed by atoms with E-state index in [1.165, 1.54) is 151 Å². The molecule has 0 unspecified atom stereocenters. The van der Waals surface area contributed by atoms with E-state index in [-0.39, 0.29) is 0 Å². The molecule has 0 radical (unpaired) electrons. The molecule has 0 aliphatic heterocycles. The summed E-state index contributed by atoms with van der Waals surface area (Å²) >= 11 is 0. The van der Waals surface area contributed by atoms with Crippen LogP contribution in [0.4, 0.5) is 0 Å². The Hall–Kier alpha value is -9.64. The second-order valence-corrected chi connectivity index (χ2v) is 23.7. The van der Waals surface area contributed by atoms with Gasteiger partial charge in [-0.2, -0.15) is 0 Å². The minimum atomic E-state index is 1.25. The molecule has 87 heavy (non-hydrogen) atoms. The van der Waals surface area contributed by atoms with Crippen molar-refractivity contribution in [2.45, 2.75) is 76.2 Å². The van der Waals surface area contributed by atoms with Crippen molar-refractivity contribution in [3.63, 3.8) is 0 Å². The average Bonchev–Trinajstić information content (AvgIpc) is 3.11. The summed E-state index contributed by atoms with van der Waals surface area (Å²) in [4.78, 5) is 0. The summed E-state index contributed by atoms with van der Waals surface area (Å²) < 4.78 is 8.78. The number of hydrogen-bond donors (Lipinski definition) is 0. The first kappa shape index (κ1) is 61.9. The minimum absolute atomic E-state index is 1.25. The van der Waals surface area contributed by atoms with Crippen LogP contribution in [0.2, 0.25) is 0 Å². The van der Waals surface area contributed by atoms with Gasteiger partial charge in [-0.25, -0.2) is 18.3 Å².